The number of hydrogen-bond acceptors (Lipinski definition) is 4. The molecule has 20 heavy (non-hydrogen) atoms. The minimum atomic E-state index is -0.217. The van der Waals surface area contributed by atoms with Gasteiger partial charge >= 0.3 is 0 Å². The molecule has 0 amide bonds. The van der Waals surface area contributed by atoms with Crippen LogP contribution in [-0.2, 0) is 0 Å². The van der Waals surface area contributed by atoms with Crippen LogP contribution in [0.5, 0.6) is 0 Å². The molecule has 108 valence electrons. The van der Waals surface area contributed by atoms with Gasteiger partial charge in [0.1, 0.15) is 0 Å². The number of rotatable bonds is 4. The summed E-state index contributed by atoms with van der Waals surface area (Å²) in [6.45, 7) is 8.25. The molecular formula is C16H23N3O. The third-order valence-electron chi connectivity index (χ3n) is 4.02. The lowest BCUT2D eigenvalue weighted by Gasteiger charge is -2.43. The molecule has 1 aliphatic heterocycles. The molecule has 1 aliphatic rings. The molecule has 4 heteroatoms. The van der Waals surface area contributed by atoms with Crippen LogP contribution >= 0.6 is 0 Å². The summed E-state index contributed by atoms with van der Waals surface area (Å²) < 4.78 is 0. The van der Waals surface area contributed by atoms with Crippen LogP contribution in [0.3, 0.4) is 0 Å². The maximum absolute atomic E-state index is 9.76. The van der Waals surface area contributed by atoms with Gasteiger partial charge in [0, 0.05) is 44.2 Å². The molecule has 1 atom stereocenters. The lowest BCUT2D eigenvalue weighted by atomic mass is 9.79. The highest BCUT2D eigenvalue weighted by Crippen LogP contribution is 2.38. The minimum Gasteiger partial charge on any atom is -0.396 e. The molecule has 1 heterocycles. The summed E-state index contributed by atoms with van der Waals surface area (Å²) in [5, 5.41) is 22.0. The van der Waals surface area contributed by atoms with Crippen LogP contribution in [-0.4, -0.2) is 42.8 Å². The number of nitrogens with one attached hydrogen (secondary N) is 1. The highest BCUT2D eigenvalue weighted by molar-refractivity contribution is 5.33. The molecule has 0 unspecified atom stereocenters. The highest BCUT2D eigenvalue weighted by atomic mass is 16.3. The Bertz CT molecular complexity index is 469. The Morgan fingerprint density at radius 2 is 1.90 bits per heavy atom. The number of nitriles is 1. The fourth-order valence-electron chi connectivity index (χ4n) is 2.92. The standard InChI is InChI=1S/C16H23N3O/c1-16(2,12-20)15(19-9-7-18-8-10-19)14-5-3-13(11-17)4-6-14/h3-6,15,18,20H,7-10,12H2,1-2H3/t15-/m1/s1. The van der Waals surface area contributed by atoms with Crippen LogP contribution in [0.4, 0.5) is 0 Å². The summed E-state index contributed by atoms with van der Waals surface area (Å²) in [5.41, 5.74) is 1.63. The molecule has 1 saturated heterocycles. The molecule has 0 saturated carbocycles. The number of benzene rings is 1. The van der Waals surface area contributed by atoms with Crippen LogP contribution in [0, 0.1) is 16.7 Å². The van der Waals surface area contributed by atoms with Gasteiger partial charge in [-0.15, -0.1) is 0 Å². The predicted octanol–water partition coefficient (Wildman–Crippen LogP) is 1.52. The summed E-state index contributed by atoms with van der Waals surface area (Å²) in [5.74, 6) is 0. The lowest BCUT2D eigenvalue weighted by Crippen LogP contribution is -2.49. The maximum atomic E-state index is 9.76. The number of hydrogen-bond donors (Lipinski definition) is 2. The first-order valence-electron chi connectivity index (χ1n) is 7.14. The van der Waals surface area contributed by atoms with Gasteiger partial charge in [-0.2, -0.15) is 5.26 Å². The summed E-state index contributed by atoms with van der Waals surface area (Å²) >= 11 is 0. The van der Waals surface area contributed by atoms with Crippen LogP contribution in [0.15, 0.2) is 24.3 Å². The molecule has 0 bridgehead atoms. The third kappa shape index (κ3) is 3.18. The van der Waals surface area contributed by atoms with Gasteiger partial charge in [-0.05, 0) is 17.7 Å². The van der Waals surface area contributed by atoms with Crippen LogP contribution in [0.25, 0.3) is 0 Å². The van der Waals surface area contributed by atoms with Gasteiger partial charge in [-0.1, -0.05) is 26.0 Å². The molecule has 1 aromatic carbocycles. The van der Waals surface area contributed by atoms with Crippen molar-refractivity contribution in [3.05, 3.63) is 35.4 Å². The van der Waals surface area contributed by atoms with Gasteiger partial charge in [-0.3, -0.25) is 4.90 Å². The van der Waals surface area contributed by atoms with E-state index >= 15 is 0 Å². The minimum absolute atomic E-state index is 0.140. The zero-order valence-corrected chi connectivity index (χ0v) is 12.3. The number of piperazine rings is 1. The fourth-order valence-corrected chi connectivity index (χ4v) is 2.92. The Balaban J connectivity index is 2.32. The van der Waals surface area contributed by atoms with Gasteiger partial charge in [-0.25, -0.2) is 0 Å². The van der Waals surface area contributed by atoms with Crippen molar-refractivity contribution in [2.24, 2.45) is 5.41 Å². The van der Waals surface area contributed by atoms with E-state index in [9.17, 15) is 5.11 Å². The molecule has 2 N–H and O–H groups in total. The van der Waals surface area contributed by atoms with Crippen molar-refractivity contribution in [1.82, 2.24) is 10.2 Å². The van der Waals surface area contributed by atoms with Gasteiger partial charge in [0.05, 0.1) is 11.6 Å². The molecule has 0 spiro atoms. The number of aliphatic hydroxyl groups is 1. The van der Waals surface area contributed by atoms with E-state index < -0.39 is 0 Å². The van der Waals surface area contributed by atoms with Crippen molar-refractivity contribution in [3.63, 3.8) is 0 Å². The topological polar surface area (TPSA) is 59.3 Å². The molecule has 0 aliphatic carbocycles. The predicted molar refractivity (Wildman–Crippen MR) is 79.2 cm³/mol. The maximum Gasteiger partial charge on any atom is 0.0991 e. The van der Waals surface area contributed by atoms with E-state index in [1.165, 1.54) is 5.56 Å². The fraction of sp³-hybridized carbons (Fsp3) is 0.562. The second-order valence-electron chi connectivity index (χ2n) is 6.07. The van der Waals surface area contributed by atoms with E-state index in [-0.39, 0.29) is 18.1 Å². The first-order valence-corrected chi connectivity index (χ1v) is 7.14. The summed E-state index contributed by atoms with van der Waals surface area (Å²) in [4.78, 5) is 2.42. The highest BCUT2D eigenvalue weighted by Gasteiger charge is 2.35. The average molecular weight is 273 g/mol. The number of nitrogens with zero attached hydrogens (tertiary/aromatic N) is 2. The first-order chi connectivity index (χ1) is 9.58. The SMILES string of the molecule is CC(C)(CO)[C@@H](c1ccc(C#N)cc1)N1CCNCC1. The van der Waals surface area contributed by atoms with E-state index in [2.05, 4.69) is 30.1 Å². The van der Waals surface area contributed by atoms with Crippen molar-refractivity contribution in [3.8, 4) is 6.07 Å². The van der Waals surface area contributed by atoms with Gasteiger partial charge in [0.15, 0.2) is 0 Å². The van der Waals surface area contributed by atoms with Crippen LogP contribution in [0.2, 0.25) is 0 Å². The van der Waals surface area contributed by atoms with E-state index in [1.54, 1.807) is 0 Å². The normalized spacial score (nSPS) is 18.5. The van der Waals surface area contributed by atoms with Gasteiger partial charge < -0.3 is 10.4 Å². The molecule has 0 aromatic heterocycles. The molecule has 4 nitrogen and oxygen atoms in total. The van der Waals surface area contributed by atoms with Crippen molar-refractivity contribution >= 4 is 0 Å². The van der Waals surface area contributed by atoms with E-state index in [4.69, 9.17) is 5.26 Å². The Morgan fingerprint density at radius 3 is 2.40 bits per heavy atom. The Hall–Kier alpha value is -1.41. The van der Waals surface area contributed by atoms with Crippen LogP contribution < -0.4 is 5.32 Å². The Kier molecular flexibility index (Phi) is 4.77. The first kappa shape index (κ1) is 15.0. The summed E-state index contributed by atoms with van der Waals surface area (Å²) in [6.07, 6.45) is 0. The molecule has 1 fully saturated rings. The second kappa shape index (κ2) is 6.36. The Labute approximate surface area is 121 Å². The van der Waals surface area contributed by atoms with E-state index in [0.717, 1.165) is 26.2 Å². The molecular weight excluding hydrogens is 250 g/mol. The third-order valence-corrected chi connectivity index (χ3v) is 4.02. The number of aliphatic hydroxyl groups excluding tert-OH is 1. The van der Waals surface area contributed by atoms with Gasteiger partial charge in [0.25, 0.3) is 0 Å². The summed E-state index contributed by atoms with van der Waals surface area (Å²) in [6, 6.07) is 10.1. The monoisotopic (exact) mass is 273 g/mol. The molecule has 0 radical (unpaired) electrons. The quantitative estimate of drug-likeness (QED) is 0.873. The average Bonchev–Trinajstić information content (AvgIpc) is 2.49. The lowest BCUT2D eigenvalue weighted by molar-refractivity contribution is 0.0305. The Morgan fingerprint density at radius 1 is 1.30 bits per heavy atom. The summed E-state index contributed by atoms with van der Waals surface area (Å²) in [7, 11) is 0. The largest absolute Gasteiger partial charge is 0.396 e. The molecule has 2 rings (SSSR count). The smallest absolute Gasteiger partial charge is 0.0991 e. The molecule has 1 aromatic rings. The van der Waals surface area contributed by atoms with E-state index in [1.807, 2.05) is 24.3 Å². The van der Waals surface area contributed by atoms with Crippen molar-refractivity contribution in [2.75, 3.05) is 32.8 Å². The second-order valence-corrected chi connectivity index (χ2v) is 6.07. The zero-order chi connectivity index (χ0) is 14.6. The van der Waals surface area contributed by atoms with Crippen LogP contribution in [0.1, 0.15) is 31.0 Å². The van der Waals surface area contributed by atoms with Crippen molar-refractivity contribution in [1.29, 1.82) is 5.26 Å². The van der Waals surface area contributed by atoms with Crippen molar-refractivity contribution in [2.45, 2.75) is 19.9 Å². The zero-order valence-electron chi connectivity index (χ0n) is 12.3. The van der Waals surface area contributed by atoms with E-state index in [0.29, 0.717) is 5.56 Å². The van der Waals surface area contributed by atoms with Crippen molar-refractivity contribution < 1.29 is 5.11 Å². The van der Waals surface area contributed by atoms with Gasteiger partial charge in [0.2, 0.25) is 0 Å².